The normalized spacial score (nSPS) is 18.5. The lowest BCUT2D eigenvalue weighted by atomic mass is 10.2. The molecule has 1 aromatic heterocycles. The van der Waals surface area contributed by atoms with Crippen molar-refractivity contribution in [3.63, 3.8) is 0 Å². The second-order valence-electron chi connectivity index (χ2n) is 4.28. The van der Waals surface area contributed by atoms with Crippen LogP contribution >= 0.6 is 15.9 Å². The van der Waals surface area contributed by atoms with E-state index in [9.17, 15) is 9.59 Å². The van der Waals surface area contributed by atoms with Gasteiger partial charge in [-0.2, -0.15) is 5.10 Å². The number of carbonyl (C=O) groups excluding carboxylic acids is 1. The lowest BCUT2D eigenvalue weighted by Gasteiger charge is -2.14. The van der Waals surface area contributed by atoms with Gasteiger partial charge in [-0.25, -0.2) is 4.68 Å². The maximum Gasteiger partial charge on any atom is 0.284 e. The number of halogens is 1. The van der Waals surface area contributed by atoms with E-state index >= 15 is 0 Å². The first-order chi connectivity index (χ1) is 9.04. The Labute approximate surface area is 118 Å². The van der Waals surface area contributed by atoms with Crippen LogP contribution in [0.2, 0.25) is 0 Å². The number of anilines is 1. The van der Waals surface area contributed by atoms with Crippen LogP contribution in [-0.2, 0) is 11.3 Å². The number of rotatable bonds is 3. The van der Waals surface area contributed by atoms with Crippen LogP contribution in [-0.4, -0.2) is 40.2 Å². The van der Waals surface area contributed by atoms with Crippen molar-refractivity contribution >= 4 is 27.5 Å². The number of amides is 1. The fourth-order valence-corrected chi connectivity index (χ4v) is 2.33. The predicted octanol–water partition coefficient (Wildman–Crippen LogP) is 0.282. The van der Waals surface area contributed by atoms with E-state index in [2.05, 4.69) is 32.3 Å². The van der Waals surface area contributed by atoms with Crippen molar-refractivity contribution in [3.8, 4) is 12.3 Å². The van der Waals surface area contributed by atoms with Crippen LogP contribution in [0.3, 0.4) is 0 Å². The highest BCUT2D eigenvalue weighted by atomic mass is 79.9. The molecule has 0 radical (unpaired) electrons. The minimum Gasteiger partial charge on any atom is -0.371 e. The van der Waals surface area contributed by atoms with Crippen molar-refractivity contribution in [2.45, 2.75) is 19.0 Å². The summed E-state index contributed by atoms with van der Waals surface area (Å²) in [7, 11) is 1.75. The molecule has 1 unspecified atom stereocenters. The molecule has 1 saturated heterocycles. The summed E-state index contributed by atoms with van der Waals surface area (Å²) in [5.74, 6) is 2.37. The van der Waals surface area contributed by atoms with Crippen molar-refractivity contribution in [1.82, 2.24) is 14.7 Å². The molecule has 2 heterocycles. The molecule has 19 heavy (non-hydrogen) atoms. The first kappa shape index (κ1) is 13.6. The second kappa shape index (κ2) is 5.45. The van der Waals surface area contributed by atoms with Crippen LogP contribution < -0.4 is 10.9 Å². The maximum absolute atomic E-state index is 11.9. The van der Waals surface area contributed by atoms with Crippen molar-refractivity contribution in [1.29, 1.82) is 0 Å². The molecule has 1 aliphatic rings. The molecule has 6 nitrogen and oxygen atoms in total. The van der Waals surface area contributed by atoms with Crippen LogP contribution in [0.25, 0.3) is 0 Å². The minimum absolute atomic E-state index is 0.0136. The summed E-state index contributed by atoms with van der Waals surface area (Å²) >= 11 is 3.21. The molecule has 1 N–H and O–H groups in total. The van der Waals surface area contributed by atoms with Gasteiger partial charge in [0.15, 0.2) is 0 Å². The summed E-state index contributed by atoms with van der Waals surface area (Å²) in [5, 5.41) is 6.99. The molecule has 1 aromatic rings. The van der Waals surface area contributed by atoms with Crippen molar-refractivity contribution in [2.24, 2.45) is 0 Å². The first-order valence-corrected chi connectivity index (χ1v) is 6.54. The third-order valence-corrected chi connectivity index (χ3v) is 3.75. The molecule has 100 valence electrons. The summed E-state index contributed by atoms with van der Waals surface area (Å²) < 4.78 is 1.51. The van der Waals surface area contributed by atoms with Gasteiger partial charge in [-0.3, -0.25) is 9.59 Å². The Balaban J connectivity index is 2.23. The van der Waals surface area contributed by atoms with E-state index in [0.29, 0.717) is 23.1 Å². The number of hydrogen-bond donors (Lipinski definition) is 1. The van der Waals surface area contributed by atoms with Crippen LogP contribution in [0.15, 0.2) is 15.5 Å². The molecular formula is C12H13BrN4O2. The highest BCUT2D eigenvalue weighted by Gasteiger charge is 2.29. The molecule has 2 rings (SSSR count). The molecule has 0 saturated carbocycles. The quantitative estimate of drug-likeness (QED) is 0.811. The van der Waals surface area contributed by atoms with Crippen molar-refractivity contribution in [2.75, 3.05) is 18.9 Å². The van der Waals surface area contributed by atoms with Crippen LogP contribution in [0, 0.1) is 12.3 Å². The predicted molar refractivity (Wildman–Crippen MR) is 74.7 cm³/mol. The Morgan fingerprint density at radius 3 is 2.95 bits per heavy atom. The fraction of sp³-hybridized carbons (Fsp3) is 0.417. The van der Waals surface area contributed by atoms with Gasteiger partial charge in [-0.15, -0.1) is 6.42 Å². The largest absolute Gasteiger partial charge is 0.371 e. The standard InChI is InChI=1S/C12H13BrN4O2/c1-3-5-17-12(19)10(13)9(7-14-17)15-8-4-6-16(2)11(8)18/h1,7-8,15H,4-6H2,2H3. The molecule has 7 heteroatoms. The summed E-state index contributed by atoms with van der Waals surface area (Å²) in [6, 6.07) is -0.314. The zero-order chi connectivity index (χ0) is 14.0. The Morgan fingerprint density at radius 2 is 2.37 bits per heavy atom. The van der Waals surface area contributed by atoms with E-state index in [0.717, 1.165) is 0 Å². The van der Waals surface area contributed by atoms with E-state index < -0.39 is 0 Å². The molecule has 1 amide bonds. The number of aromatic nitrogens is 2. The van der Waals surface area contributed by atoms with Gasteiger partial charge in [0, 0.05) is 13.6 Å². The smallest absolute Gasteiger partial charge is 0.284 e. The van der Waals surface area contributed by atoms with Gasteiger partial charge < -0.3 is 10.2 Å². The van der Waals surface area contributed by atoms with Gasteiger partial charge in [0.1, 0.15) is 17.1 Å². The topological polar surface area (TPSA) is 67.2 Å². The van der Waals surface area contributed by atoms with Gasteiger partial charge in [-0.1, -0.05) is 5.92 Å². The third-order valence-electron chi connectivity index (χ3n) is 2.98. The Bertz CT molecular complexity index is 605. The zero-order valence-electron chi connectivity index (χ0n) is 10.4. The molecular weight excluding hydrogens is 312 g/mol. The van der Waals surface area contributed by atoms with E-state index in [1.807, 2.05) is 0 Å². The molecule has 1 atom stereocenters. The summed E-state index contributed by atoms with van der Waals surface area (Å²) in [4.78, 5) is 25.4. The third kappa shape index (κ3) is 2.63. The Morgan fingerprint density at radius 1 is 1.63 bits per heavy atom. The number of hydrogen-bond acceptors (Lipinski definition) is 4. The summed E-state index contributed by atoms with van der Waals surface area (Å²) in [6.45, 7) is 0.818. The highest BCUT2D eigenvalue weighted by Crippen LogP contribution is 2.20. The number of carbonyl (C=O) groups is 1. The van der Waals surface area contributed by atoms with Gasteiger partial charge in [0.25, 0.3) is 5.56 Å². The summed E-state index contributed by atoms with van der Waals surface area (Å²) in [6.07, 6.45) is 7.35. The molecule has 0 spiro atoms. The monoisotopic (exact) mass is 324 g/mol. The van der Waals surface area contributed by atoms with Crippen LogP contribution in [0.4, 0.5) is 5.69 Å². The van der Waals surface area contributed by atoms with Crippen molar-refractivity contribution in [3.05, 3.63) is 21.0 Å². The first-order valence-electron chi connectivity index (χ1n) is 5.75. The summed E-state index contributed by atoms with van der Waals surface area (Å²) in [5.41, 5.74) is 0.189. The average Bonchev–Trinajstić information content (AvgIpc) is 2.70. The fourth-order valence-electron chi connectivity index (χ4n) is 1.91. The minimum atomic E-state index is -0.318. The SMILES string of the molecule is C#CCn1ncc(NC2CCN(C)C2=O)c(Br)c1=O. The van der Waals surface area contributed by atoms with E-state index in [-0.39, 0.29) is 24.1 Å². The zero-order valence-corrected chi connectivity index (χ0v) is 12.0. The van der Waals surface area contributed by atoms with Gasteiger partial charge in [0.2, 0.25) is 5.91 Å². The Hall–Kier alpha value is -1.81. The Kier molecular flexibility index (Phi) is 3.90. The van der Waals surface area contributed by atoms with Crippen LogP contribution in [0.5, 0.6) is 0 Å². The van der Waals surface area contributed by atoms with Crippen LogP contribution in [0.1, 0.15) is 6.42 Å². The molecule has 0 aromatic carbocycles. The number of nitrogens with one attached hydrogen (secondary N) is 1. The molecule has 1 aliphatic heterocycles. The number of likely N-dealkylation sites (tertiary alicyclic amines) is 1. The average molecular weight is 325 g/mol. The molecule has 0 aliphatic carbocycles. The van der Waals surface area contributed by atoms with Gasteiger partial charge in [-0.05, 0) is 22.4 Å². The highest BCUT2D eigenvalue weighted by molar-refractivity contribution is 9.10. The number of nitrogens with zero attached hydrogens (tertiary/aromatic N) is 3. The number of terminal acetylenes is 1. The van der Waals surface area contributed by atoms with Gasteiger partial charge in [0.05, 0.1) is 11.9 Å². The van der Waals surface area contributed by atoms with Gasteiger partial charge >= 0.3 is 0 Å². The lowest BCUT2D eigenvalue weighted by Crippen LogP contribution is -2.32. The number of likely N-dealkylation sites (N-methyl/N-ethyl adjacent to an activating group) is 1. The van der Waals surface area contributed by atoms with Crippen molar-refractivity contribution < 1.29 is 4.79 Å². The van der Waals surface area contributed by atoms with E-state index in [1.54, 1.807) is 11.9 Å². The second-order valence-corrected chi connectivity index (χ2v) is 5.08. The van der Waals surface area contributed by atoms with E-state index in [4.69, 9.17) is 6.42 Å². The lowest BCUT2D eigenvalue weighted by molar-refractivity contribution is -0.127. The maximum atomic E-state index is 11.9. The molecule has 1 fully saturated rings. The molecule has 0 bridgehead atoms. The van der Waals surface area contributed by atoms with E-state index in [1.165, 1.54) is 10.9 Å².